The van der Waals surface area contributed by atoms with Crippen molar-refractivity contribution in [2.45, 2.75) is 13.8 Å². The van der Waals surface area contributed by atoms with Crippen molar-refractivity contribution < 1.29 is 23.8 Å². The lowest BCUT2D eigenvalue weighted by Crippen LogP contribution is -2.32. The second-order valence-corrected chi connectivity index (χ2v) is 7.97. The minimum Gasteiger partial charge on any atom is -0.493 e. The Labute approximate surface area is 187 Å². The molecule has 0 spiro atoms. The first-order valence-electron chi connectivity index (χ1n) is 10.6. The zero-order valence-corrected chi connectivity index (χ0v) is 18.2. The number of ether oxygens (including phenoxy) is 3. The molecule has 0 atom stereocenters. The van der Waals surface area contributed by atoms with Crippen LogP contribution in [0.25, 0.3) is 5.57 Å². The Bertz CT molecular complexity index is 1070. The van der Waals surface area contributed by atoms with Crippen LogP contribution < -0.4 is 19.5 Å². The number of rotatable bonds is 8. The minimum absolute atomic E-state index is 0.128. The van der Waals surface area contributed by atoms with Crippen LogP contribution in [0.5, 0.6) is 17.2 Å². The van der Waals surface area contributed by atoms with Gasteiger partial charge in [-0.3, -0.25) is 14.5 Å². The summed E-state index contributed by atoms with van der Waals surface area (Å²) in [5.74, 6) is 1.58. The molecule has 1 N–H and O–H groups in total. The maximum absolute atomic E-state index is 13.1. The number of nitrogens with one attached hydrogen (secondary N) is 1. The van der Waals surface area contributed by atoms with Crippen molar-refractivity contribution in [3.8, 4) is 17.2 Å². The Kier molecular flexibility index (Phi) is 6.16. The van der Waals surface area contributed by atoms with Gasteiger partial charge in [0.15, 0.2) is 11.5 Å². The molecule has 4 rings (SSSR count). The number of benzene rings is 2. The summed E-state index contributed by atoms with van der Waals surface area (Å²) in [5, 5.41) is 3.13. The van der Waals surface area contributed by atoms with Crippen molar-refractivity contribution in [2.24, 2.45) is 5.92 Å². The van der Waals surface area contributed by atoms with Gasteiger partial charge in [-0.05, 0) is 35.7 Å². The predicted molar refractivity (Wildman–Crippen MR) is 122 cm³/mol. The van der Waals surface area contributed by atoms with Gasteiger partial charge in [-0.25, -0.2) is 0 Å². The van der Waals surface area contributed by atoms with E-state index in [9.17, 15) is 9.59 Å². The number of hydrogen-bond acceptors (Lipinski definition) is 6. The summed E-state index contributed by atoms with van der Waals surface area (Å²) in [6, 6.07) is 12.5. The van der Waals surface area contributed by atoms with Gasteiger partial charge in [-0.1, -0.05) is 32.1 Å². The highest BCUT2D eigenvalue weighted by atomic mass is 16.6. The highest BCUT2D eigenvalue weighted by Gasteiger charge is 2.38. The molecule has 2 heterocycles. The van der Waals surface area contributed by atoms with Gasteiger partial charge in [-0.2, -0.15) is 0 Å². The summed E-state index contributed by atoms with van der Waals surface area (Å²) in [7, 11) is 0. The molecule has 0 fully saturated rings. The number of carbonyl (C=O) groups excluding carboxylic acids is 2. The summed E-state index contributed by atoms with van der Waals surface area (Å²) in [6.45, 7) is 9.50. The Morgan fingerprint density at radius 1 is 1.06 bits per heavy atom. The number of hydrogen-bond donors (Lipinski definition) is 1. The molecule has 2 aromatic rings. The lowest BCUT2D eigenvalue weighted by Gasteiger charge is -2.19. The maximum Gasteiger partial charge on any atom is 0.278 e. The standard InChI is InChI=1S/C25H26N2O5/c1-4-11-27-24(28)22(17-5-8-19(9-6-17)32-15-16(2)3)23(25(27)29)26-18-7-10-20-21(14-18)31-13-12-30-20/h4-10,14,16,26H,1,11-13,15H2,2-3H3. The van der Waals surface area contributed by atoms with Crippen LogP contribution in [0.15, 0.2) is 60.8 Å². The molecular formula is C25H26N2O5. The molecule has 7 heteroatoms. The van der Waals surface area contributed by atoms with Crippen molar-refractivity contribution in [3.05, 3.63) is 66.4 Å². The molecule has 7 nitrogen and oxygen atoms in total. The molecule has 32 heavy (non-hydrogen) atoms. The van der Waals surface area contributed by atoms with E-state index in [4.69, 9.17) is 14.2 Å². The molecular weight excluding hydrogens is 408 g/mol. The quantitative estimate of drug-likeness (QED) is 0.502. The molecule has 0 aliphatic carbocycles. The van der Waals surface area contributed by atoms with Gasteiger partial charge in [0.1, 0.15) is 24.7 Å². The van der Waals surface area contributed by atoms with Gasteiger partial charge in [0.25, 0.3) is 11.8 Å². The largest absolute Gasteiger partial charge is 0.493 e. The maximum atomic E-state index is 13.1. The number of nitrogens with zero attached hydrogens (tertiary/aromatic N) is 1. The van der Waals surface area contributed by atoms with E-state index >= 15 is 0 Å². The number of anilines is 1. The summed E-state index contributed by atoms with van der Waals surface area (Å²) in [6.07, 6.45) is 1.53. The summed E-state index contributed by atoms with van der Waals surface area (Å²) in [4.78, 5) is 27.4. The summed E-state index contributed by atoms with van der Waals surface area (Å²) < 4.78 is 16.9. The Hall–Kier alpha value is -3.74. The van der Waals surface area contributed by atoms with Crippen LogP contribution in [0.4, 0.5) is 5.69 Å². The Morgan fingerprint density at radius 2 is 1.78 bits per heavy atom. The smallest absolute Gasteiger partial charge is 0.278 e. The van der Waals surface area contributed by atoms with Crippen molar-refractivity contribution in [1.82, 2.24) is 4.90 Å². The Balaban J connectivity index is 1.67. The molecule has 2 aliphatic rings. The highest BCUT2D eigenvalue weighted by Crippen LogP contribution is 2.35. The first-order valence-corrected chi connectivity index (χ1v) is 10.6. The minimum atomic E-state index is -0.403. The van der Waals surface area contributed by atoms with E-state index < -0.39 is 5.91 Å². The van der Waals surface area contributed by atoms with Crippen LogP contribution in [0.1, 0.15) is 19.4 Å². The second kappa shape index (κ2) is 9.18. The molecule has 166 valence electrons. The zero-order chi connectivity index (χ0) is 22.7. The zero-order valence-electron chi connectivity index (χ0n) is 18.2. The number of fused-ring (bicyclic) bond motifs is 1. The summed E-state index contributed by atoms with van der Waals surface area (Å²) >= 11 is 0. The molecule has 0 bridgehead atoms. The van der Waals surface area contributed by atoms with Gasteiger partial charge in [0.05, 0.1) is 12.2 Å². The molecule has 0 aromatic heterocycles. The average Bonchev–Trinajstić information content (AvgIpc) is 3.02. The molecule has 0 radical (unpaired) electrons. The number of amides is 2. The van der Waals surface area contributed by atoms with E-state index in [-0.39, 0.29) is 18.1 Å². The van der Waals surface area contributed by atoms with Crippen molar-refractivity contribution in [1.29, 1.82) is 0 Å². The van der Waals surface area contributed by atoms with E-state index in [0.717, 1.165) is 0 Å². The van der Waals surface area contributed by atoms with Crippen molar-refractivity contribution in [2.75, 3.05) is 31.7 Å². The van der Waals surface area contributed by atoms with Gasteiger partial charge in [-0.15, -0.1) is 6.58 Å². The van der Waals surface area contributed by atoms with Crippen LogP contribution in [0, 0.1) is 5.92 Å². The monoisotopic (exact) mass is 434 g/mol. The fourth-order valence-electron chi connectivity index (χ4n) is 3.50. The summed E-state index contributed by atoms with van der Waals surface area (Å²) in [5.41, 5.74) is 1.78. The lowest BCUT2D eigenvalue weighted by molar-refractivity contribution is -0.136. The van der Waals surface area contributed by atoms with E-state index in [0.29, 0.717) is 59.8 Å². The molecule has 2 amide bonds. The normalized spacial score (nSPS) is 15.4. The van der Waals surface area contributed by atoms with E-state index in [2.05, 4.69) is 25.7 Å². The van der Waals surface area contributed by atoms with Crippen LogP contribution in [-0.4, -0.2) is 43.1 Å². The fourth-order valence-corrected chi connectivity index (χ4v) is 3.50. The van der Waals surface area contributed by atoms with E-state index in [1.54, 1.807) is 42.5 Å². The molecule has 0 unspecified atom stereocenters. The number of carbonyl (C=O) groups is 2. The van der Waals surface area contributed by atoms with E-state index in [1.165, 1.54) is 11.0 Å². The highest BCUT2D eigenvalue weighted by molar-refractivity contribution is 6.36. The fraction of sp³-hybridized carbons (Fsp3) is 0.280. The van der Waals surface area contributed by atoms with Crippen LogP contribution in [-0.2, 0) is 9.59 Å². The third-order valence-corrected chi connectivity index (χ3v) is 5.02. The third kappa shape index (κ3) is 4.32. The van der Waals surface area contributed by atoms with Crippen LogP contribution in [0.2, 0.25) is 0 Å². The van der Waals surface area contributed by atoms with Crippen LogP contribution >= 0.6 is 0 Å². The number of imide groups is 1. The lowest BCUT2D eigenvalue weighted by atomic mass is 10.0. The molecule has 2 aliphatic heterocycles. The first kappa shape index (κ1) is 21.5. The van der Waals surface area contributed by atoms with Gasteiger partial charge in [0, 0.05) is 18.3 Å². The molecule has 0 saturated heterocycles. The second-order valence-electron chi connectivity index (χ2n) is 7.97. The van der Waals surface area contributed by atoms with E-state index in [1.807, 2.05) is 0 Å². The third-order valence-electron chi connectivity index (χ3n) is 5.02. The molecule has 0 saturated carbocycles. The average molecular weight is 434 g/mol. The van der Waals surface area contributed by atoms with Gasteiger partial charge < -0.3 is 19.5 Å². The molecule has 2 aromatic carbocycles. The van der Waals surface area contributed by atoms with Crippen molar-refractivity contribution >= 4 is 23.1 Å². The predicted octanol–water partition coefficient (Wildman–Crippen LogP) is 3.87. The SMILES string of the molecule is C=CCN1C(=O)C(Nc2ccc3c(c2)OCCO3)=C(c2ccc(OCC(C)C)cc2)C1=O. The van der Waals surface area contributed by atoms with Crippen molar-refractivity contribution in [3.63, 3.8) is 0 Å². The topological polar surface area (TPSA) is 77.1 Å². The van der Waals surface area contributed by atoms with Gasteiger partial charge in [0.2, 0.25) is 0 Å². The Morgan fingerprint density at radius 3 is 2.47 bits per heavy atom. The van der Waals surface area contributed by atoms with Gasteiger partial charge >= 0.3 is 0 Å². The first-order chi connectivity index (χ1) is 15.5. The van der Waals surface area contributed by atoms with Crippen LogP contribution in [0.3, 0.4) is 0 Å².